The molecule has 3 rings (SSSR count). The van der Waals surface area contributed by atoms with Gasteiger partial charge in [-0.25, -0.2) is 0 Å². The molecule has 0 amide bonds. The second-order valence-electron chi connectivity index (χ2n) is 3.87. The third kappa shape index (κ3) is 0.936. The van der Waals surface area contributed by atoms with E-state index in [0.717, 1.165) is 5.56 Å². The van der Waals surface area contributed by atoms with Crippen molar-refractivity contribution in [3.05, 3.63) is 44.5 Å². The molecule has 2 aliphatic rings. The normalized spacial score (nSPS) is 27.0. The van der Waals surface area contributed by atoms with E-state index in [4.69, 9.17) is 5.26 Å². The van der Waals surface area contributed by atoms with Gasteiger partial charge in [0.15, 0.2) is 0 Å². The van der Waals surface area contributed by atoms with Crippen molar-refractivity contribution in [2.45, 2.75) is 18.3 Å². The van der Waals surface area contributed by atoms with Crippen LogP contribution in [-0.2, 0) is 0 Å². The summed E-state index contributed by atoms with van der Waals surface area (Å²) in [6, 6.07) is 8.40. The number of fused-ring (bicyclic) bond motifs is 5. The molecule has 68 valence electrons. The fraction of sp³-hybridized carbons (Fsp3) is 0.250. The predicted octanol–water partition coefficient (Wildman–Crippen LogP) is 3.46. The second kappa shape index (κ2) is 2.83. The lowest BCUT2D eigenvalue weighted by molar-refractivity contribution is 0.802. The van der Waals surface area contributed by atoms with Crippen LogP contribution in [0.3, 0.4) is 0 Å². The number of nitrogens with zero attached hydrogens (tertiary/aromatic N) is 1. The Morgan fingerprint density at radius 1 is 1.43 bits per heavy atom. The standard InChI is InChI=1S/C12H8IN/c13-11-5-8-4-10(11)12-7(6-14)2-1-3-9(8)12/h1-3,5,8,10H,4H2/t8-,10+/m0/s1. The summed E-state index contributed by atoms with van der Waals surface area (Å²) in [4.78, 5) is 0. The van der Waals surface area contributed by atoms with Crippen LogP contribution in [0.4, 0.5) is 0 Å². The van der Waals surface area contributed by atoms with Crippen molar-refractivity contribution in [1.29, 1.82) is 5.26 Å². The van der Waals surface area contributed by atoms with Crippen LogP contribution in [0.15, 0.2) is 27.9 Å². The van der Waals surface area contributed by atoms with E-state index in [1.165, 1.54) is 21.1 Å². The molecule has 2 atom stereocenters. The van der Waals surface area contributed by atoms with E-state index in [1.54, 1.807) is 0 Å². The van der Waals surface area contributed by atoms with Crippen molar-refractivity contribution in [3.8, 4) is 6.07 Å². The average molecular weight is 293 g/mol. The maximum absolute atomic E-state index is 9.04. The number of nitriles is 1. The van der Waals surface area contributed by atoms with Crippen molar-refractivity contribution in [1.82, 2.24) is 0 Å². The highest BCUT2D eigenvalue weighted by molar-refractivity contribution is 14.1. The first-order valence-electron chi connectivity index (χ1n) is 4.71. The summed E-state index contributed by atoms with van der Waals surface area (Å²) >= 11 is 2.41. The van der Waals surface area contributed by atoms with Crippen molar-refractivity contribution in [2.75, 3.05) is 0 Å². The summed E-state index contributed by atoms with van der Waals surface area (Å²) in [7, 11) is 0. The molecule has 0 aromatic heterocycles. The van der Waals surface area contributed by atoms with E-state index < -0.39 is 0 Å². The third-order valence-electron chi connectivity index (χ3n) is 3.19. The Bertz CT molecular complexity index is 482. The van der Waals surface area contributed by atoms with Crippen LogP contribution in [0.1, 0.15) is 34.9 Å². The molecule has 0 N–H and O–H groups in total. The lowest BCUT2D eigenvalue weighted by atomic mass is 9.93. The highest BCUT2D eigenvalue weighted by atomic mass is 127. The maximum Gasteiger partial charge on any atom is 0.0994 e. The van der Waals surface area contributed by atoms with Gasteiger partial charge >= 0.3 is 0 Å². The quantitative estimate of drug-likeness (QED) is 0.672. The molecule has 0 saturated carbocycles. The Morgan fingerprint density at radius 2 is 2.29 bits per heavy atom. The van der Waals surface area contributed by atoms with Crippen molar-refractivity contribution >= 4 is 22.6 Å². The topological polar surface area (TPSA) is 23.8 Å². The fourth-order valence-electron chi connectivity index (χ4n) is 2.61. The Balaban J connectivity index is 2.27. The van der Waals surface area contributed by atoms with Gasteiger partial charge in [0.05, 0.1) is 11.6 Å². The number of halogens is 1. The number of hydrogen-bond acceptors (Lipinski definition) is 1. The number of benzene rings is 1. The summed E-state index contributed by atoms with van der Waals surface area (Å²) in [6.07, 6.45) is 3.53. The summed E-state index contributed by atoms with van der Waals surface area (Å²) < 4.78 is 1.42. The summed E-state index contributed by atoms with van der Waals surface area (Å²) in [6.45, 7) is 0. The van der Waals surface area contributed by atoms with Crippen LogP contribution in [0.25, 0.3) is 0 Å². The third-order valence-corrected chi connectivity index (χ3v) is 4.30. The SMILES string of the molecule is N#Cc1cccc2c1[C@@H]1C[C@H]2C=C1I. The molecule has 1 aromatic carbocycles. The van der Waals surface area contributed by atoms with Crippen LogP contribution in [0.5, 0.6) is 0 Å². The van der Waals surface area contributed by atoms with Gasteiger partial charge in [0.1, 0.15) is 0 Å². The molecule has 0 radical (unpaired) electrons. The van der Waals surface area contributed by atoms with E-state index >= 15 is 0 Å². The number of hydrogen-bond donors (Lipinski definition) is 0. The van der Waals surface area contributed by atoms with Gasteiger partial charge < -0.3 is 0 Å². The first-order chi connectivity index (χ1) is 6.81. The first-order valence-corrected chi connectivity index (χ1v) is 5.79. The predicted molar refractivity (Wildman–Crippen MR) is 63.4 cm³/mol. The molecule has 0 aliphatic heterocycles. The fourth-order valence-corrected chi connectivity index (χ4v) is 3.61. The molecular formula is C12H8IN. The zero-order chi connectivity index (χ0) is 9.71. The van der Waals surface area contributed by atoms with Gasteiger partial charge in [0.2, 0.25) is 0 Å². The molecule has 1 aromatic rings. The Morgan fingerprint density at radius 3 is 3.07 bits per heavy atom. The lowest BCUT2D eigenvalue weighted by Crippen LogP contribution is -1.98. The van der Waals surface area contributed by atoms with E-state index in [1.807, 2.05) is 12.1 Å². The maximum atomic E-state index is 9.04. The van der Waals surface area contributed by atoms with Crippen LogP contribution >= 0.6 is 22.6 Å². The zero-order valence-corrected chi connectivity index (χ0v) is 9.65. The van der Waals surface area contributed by atoms with Crippen LogP contribution in [0, 0.1) is 11.3 Å². The molecule has 0 fully saturated rings. The summed E-state index contributed by atoms with van der Waals surface area (Å²) in [5, 5.41) is 9.04. The van der Waals surface area contributed by atoms with E-state index in [2.05, 4.69) is 40.8 Å². The minimum Gasteiger partial charge on any atom is -0.192 e. The van der Waals surface area contributed by atoms with Gasteiger partial charge in [-0.15, -0.1) is 0 Å². The van der Waals surface area contributed by atoms with Crippen molar-refractivity contribution < 1.29 is 0 Å². The van der Waals surface area contributed by atoms with Crippen molar-refractivity contribution in [3.63, 3.8) is 0 Å². The van der Waals surface area contributed by atoms with Crippen LogP contribution < -0.4 is 0 Å². The molecule has 2 aliphatic carbocycles. The molecule has 1 nitrogen and oxygen atoms in total. The Labute approximate surface area is 96.6 Å². The van der Waals surface area contributed by atoms with Gasteiger partial charge in [0, 0.05) is 11.8 Å². The highest BCUT2D eigenvalue weighted by Gasteiger charge is 2.38. The highest BCUT2D eigenvalue weighted by Crippen LogP contribution is 2.55. The Kier molecular flexibility index (Phi) is 1.72. The minimum absolute atomic E-state index is 0.520. The van der Waals surface area contributed by atoms with Gasteiger partial charge in [-0.3, -0.25) is 0 Å². The molecular weight excluding hydrogens is 285 g/mol. The summed E-state index contributed by atoms with van der Waals surface area (Å²) in [5.41, 5.74) is 3.55. The average Bonchev–Trinajstić information content (AvgIpc) is 2.74. The van der Waals surface area contributed by atoms with E-state index in [0.29, 0.717) is 11.8 Å². The summed E-state index contributed by atoms with van der Waals surface area (Å²) in [5.74, 6) is 1.10. The minimum atomic E-state index is 0.520. The van der Waals surface area contributed by atoms with Gasteiger partial charge in [-0.2, -0.15) is 5.26 Å². The molecule has 0 saturated heterocycles. The number of rotatable bonds is 0. The molecule has 0 unspecified atom stereocenters. The van der Waals surface area contributed by atoms with Gasteiger partial charge in [0.25, 0.3) is 0 Å². The molecule has 0 spiro atoms. The molecule has 14 heavy (non-hydrogen) atoms. The van der Waals surface area contributed by atoms with Crippen molar-refractivity contribution in [2.24, 2.45) is 0 Å². The first kappa shape index (κ1) is 8.49. The van der Waals surface area contributed by atoms with E-state index in [9.17, 15) is 0 Å². The molecule has 2 bridgehead atoms. The molecule has 2 heteroatoms. The van der Waals surface area contributed by atoms with Crippen LogP contribution in [-0.4, -0.2) is 0 Å². The van der Waals surface area contributed by atoms with E-state index in [-0.39, 0.29) is 0 Å². The zero-order valence-electron chi connectivity index (χ0n) is 7.50. The molecule has 0 heterocycles. The van der Waals surface area contributed by atoms with Gasteiger partial charge in [-0.05, 0) is 49.8 Å². The van der Waals surface area contributed by atoms with Crippen LogP contribution in [0.2, 0.25) is 0 Å². The monoisotopic (exact) mass is 293 g/mol. The largest absolute Gasteiger partial charge is 0.192 e. The Hall–Kier alpha value is -0.820. The lowest BCUT2D eigenvalue weighted by Gasteiger charge is -2.14. The second-order valence-corrected chi connectivity index (χ2v) is 5.11. The van der Waals surface area contributed by atoms with Gasteiger partial charge in [-0.1, -0.05) is 18.2 Å². The smallest absolute Gasteiger partial charge is 0.0994 e. The number of allylic oxidation sites excluding steroid dienone is 2.